The Morgan fingerprint density at radius 2 is 2.08 bits per heavy atom. The quantitative estimate of drug-likeness (QED) is 0.647. The molecule has 1 saturated carbocycles. The minimum atomic E-state index is -0.230. The lowest BCUT2D eigenvalue weighted by molar-refractivity contribution is 0.0599. The normalized spacial score (nSPS) is 21.7. The van der Waals surface area contributed by atoms with E-state index in [9.17, 15) is 0 Å². The molecule has 0 heterocycles. The van der Waals surface area contributed by atoms with Crippen LogP contribution in [0.1, 0.15) is 39.0 Å². The second kappa shape index (κ2) is 5.16. The highest BCUT2D eigenvalue weighted by Gasteiger charge is 2.14. The first kappa shape index (κ1) is 9.54. The summed E-state index contributed by atoms with van der Waals surface area (Å²) in [6.45, 7) is 2.59. The molecule has 1 atom stereocenters. The van der Waals surface area contributed by atoms with Crippen molar-refractivity contribution in [1.82, 2.24) is 0 Å². The molecule has 1 fully saturated rings. The van der Waals surface area contributed by atoms with Crippen LogP contribution < -0.4 is 0 Å². The average molecular weight is 167 g/mol. The molecule has 0 radical (unpaired) electrons. The van der Waals surface area contributed by atoms with Crippen LogP contribution in [0.15, 0.2) is 0 Å². The van der Waals surface area contributed by atoms with Gasteiger partial charge in [0.05, 0.1) is 12.7 Å². The summed E-state index contributed by atoms with van der Waals surface area (Å²) < 4.78 is 5.37. The first-order valence-electron chi connectivity index (χ1n) is 4.84. The standard InChI is InChI=1S/C10H17NO/c1-9(7-11)12-8-10-5-3-2-4-6-10/h9-10H,2-6,8H2,1H3. The summed E-state index contributed by atoms with van der Waals surface area (Å²) in [6.07, 6.45) is 6.41. The number of nitriles is 1. The van der Waals surface area contributed by atoms with Gasteiger partial charge in [-0.2, -0.15) is 5.26 Å². The number of rotatable bonds is 3. The highest BCUT2D eigenvalue weighted by atomic mass is 16.5. The van der Waals surface area contributed by atoms with Gasteiger partial charge in [-0.05, 0) is 25.7 Å². The predicted molar refractivity (Wildman–Crippen MR) is 47.6 cm³/mol. The van der Waals surface area contributed by atoms with Crippen LogP contribution in [0.5, 0.6) is 0 Å². The second-order valence-electron chi connectivity index (χ2n) is 3.61. The molecular weight excluding hydrogens is 150 g/mol. The Hall–Kier alpha value is -0.550. The van der Waals surface area contributed by atoms with Crippen molar-refractivity contribution in [2.45, 2.75) is 45.1 Å². The minimum Gasteiger partial charge on any atom is -0.363 e. The third-order valence-corrected chi connectivity index (χ3v) is 2.49. The molecule has 0 bridgehead atoms. The molecule has 1 aliphatic rings. The molecule has 0 spiro atoms. The van der Waals surface area contributed by atoms with Gasteiger partial charge in [-0.15, -0.1) is 0 Å². The van der Waals surface area contributed by atoms with Gasteiger partial charge >= 0.3 is 0 Å². The first-order chi connectivity index (χ1) is 5.83. The van der Waals surface area contributed by atoms with Crippen LogP contribution in [0, 0.1) is 17.2 Å². The maximum atomic E-state index is 8.49. The lowest BCUT2D eigenvalue weighted by Crippen LogP contribution is -2.16. The summed E-state index contributed by atoms with van der Waals surface area (Å²) in [5, 5.41) is 8.49. The molecule has 0 amide bonds. The van der Waals surface area contributed by atoms with E-state index in [1.165, 1.54) is 32.1 Å². The van der Waals surface area contributed by atoms with Crippen LogP contribution in [-0.2, 0) is 4.74 Å². The number of nitrogens with zero attached hydrogens (tertiary/aromatic N) is 1. The van der Waals surface area contributed by atoms with Gasteiger partial charge in [0.25, 0.3) is 0 Å². The van der Waals surface area contributed by atoms with E-state index >= 15 is 0 Å². The SMILES string of the molecule is CC(C#N)OCC1CCCCC1. The Balaban J connectivity index is 2.10. The predicted octanol–water partition coefficient (Wildman–Crippen LogP) is 2.50. The maximum Gasteiger partial charge on any atom is 0.141 e. The fourth-order valence-electron chi connectivity index (χ4n) is 1.67. The largest absolute Gasteiger partial charge is 0.363 e. The smallest absolute Gasteiger partial charge is 0.141 e. The highest BCUT2D eigenvalue weighted by molar-refractivity contribution is 4.79. The van der Waals surface area contributed by atoms with Crippen molar-refractivity contribution in [3.8, 4) is 6.07 Å². The van der Waals surface area contributed by atoms with E-state index in [2.05, 4.69) is 6.07 Å². The molecule has 0 aliphatic heterocycles. The van der Waals surface area contributed by atoms with Gasteiger partial charge in [-0.1, -0.05) is 19.3 Å². The summed E-state index contributed by atoms with van der Waals surface area (Å²) in [7, 11) is 0. The fourth-order valence-corrected chi connectivity index (χ4v) is 1.67. The van der Waals surface area contributed by atoms with E-state index in [0.29, 0.717) is 0 Å². The Bertz CT molecular complexity index is 156. The van der Waals surface area contributed by atoms with Gasteiger partial charge in [0, 0.05) is 0 Å². The van der Waals surface area contributed by atoms with Crippen molar-refractivity contribution in [2.24, 2.45) is 5.92 Å². The summed E-state index contributed by atoms with van der Waals surface area (Å²) in [5.74, 6) is 0.717. The molecule has 1 aliphatic carbocycles. The maximum absolute atomic E-state index is 8.49. The fraction of sp³-hybridized carbons (Fsp3) is 0.900. The van der Waals surface area contributed by atoms with Crippen LogP contribution in [0.25, 0.3) is 0 Å². The summed E-state index contributed by atoms with van der Waals surface area (Å²) >= 11 is 0. The molecular formula is C10H17NO. The van der Waals surface area contributed by atoms with Crippen molar-refractivity contribution in [2.75, 3.05) is 6.61 Å². The molecule has 0 aromatic rings. The first-order valence-corrected chi connectivity index (χ1v) is 4.84. The van der Waals surface area contributed by atoms with E-state index < -0.39 is 0 Å². The van der Waals surface area contributed by atoms with Crippen molar-refractivity contribution in [3.63, 3.8) is 0 Å². The number of ether oxygens (including phenoxy) is 1. The summed E-state index contributed by atoms with van der Waals surface area (Å²) in [5.41, 5.74) is 0. The van der Waals surface area contributed by atoms with E-state index in [0.717, 1.165) is 12.5 Å². The van der Waals surface area contributed by atoms with Crippen molar-refractivity contribution in [3.05, 3.63) is 0 Å². The zero-order valence-corrected chi connectivity index (χ0v) is 7.75. The summed E-state index contributed by atoms with van der Waals surface area (Å²) in [4.78, 5) is 0. The molecule has 1 unspecified atom stereocenters. The van der Waals surface area contributed by atoms with Crippen LogP contribution in [0.3, 0.4) is 0 Å². The van der Waals surface area contributed by atoms with Crippen molar-refractivity contribution >= 4 is 0 Å². The van der Waals surface area contributed by atoms with Gasteiger partial charge < -0.3 is 4.74 Å². The van der Waals surface area contributed by atoms with Crippen molar-refractivity contribution in [1.29, 1.82) is 5.26 Å². The number of hydrogen-bond acceptors (Lipinski definition) is 2. The summed E-state index contributed by atoms with van der Waals surface area (Å²) in [6, 6.07) is 2.08. The minimum absolute atomic E-state index is 0.230. The Morgan fingerprint density at radius 1 is 1.42 bits per heavy atom. The van der Waals surface area contributed by atoms with Crippen LogP contribution in [0.4, 0.5) is 0 Å². The molecule has 68 valence electrons. The topological polar surface area (TPSA) is 33.0 Å². The van der Waals surface area contributed by atoms with Gasteiger partial charge in [0.1, 0.15) is 6.10 Å². The van der Waals surface area contributed by atoms with Crippen LogP contribution in [0.2, 0.25) is 0 Å². The average Bonchev–Trinajstić information content (AvgIpc) is 2.16. The van der Waals surface area contributed by atoms with Crippen LogP contribution in [-0.4, -0.2) is 12.7 Å². The Morgan fingerprint density at radius 3 is 2.67 bits per heavy atom. The second-order valence-corrected chi connectivity index (χ2v) is 3.61. The Labute approximate surface area is 74.5 Å². The molecule has 2 nitrogen and oxygen atoms in total. The molecule has 12 heavy (non-hydrogen) atoms. The molecule has 1 rings (SSSR count). The molecule has 0 aromatic heterocycles. The molecule has 0 aromatic carbocycles. The highest BCUT2D eigenvalue weighted by Crippen LogP contribution is 2.23. The van der Waals surface area contributed by atoms with Gasteiger partial charge in [0.2, 0.25) is 0 Å². The zero-order chi connectivity index (χ0) is 8.81. The lowest BCUT2D eigenvalue weighted by atomic mass is 9.90. The van der Waals surface area contributed by atoms with Gasteiger partial charge in [0.15, 0.2) is 0 Å². The van der Waals surface area contributed by atoms with E-state index in [1.807, 2.05) is 6.92 Å². The van der Waals surface area contributed by atoms with E-state index in [4.69, 9.17) is 10.00 Å². The molecule has 2 heteroatoms. The third-order valence-electron chi connectivity index (χ3n) is 2.49. The monoisotopic (exact) mass is 167 g/mol. The van der Waals surface area contributed by atoms with E-state index in [1.54, 1.807) is 0 Å². The van der Waals surface area contributed by atoms with Gasteiger partial charge in [-0.3, -0.25) is 0 Å². The third kappa shape index (κ3) is 3.23. The van der Waals surface area contributed by atoms with Crippen molar-refractivity contribution < 1.29 is 4.74 Å². The Kier molecular flexibility index (Phi) is 4.10. The molecule has 0 N–H and O–H groups in total. The lowest BCUT2D eigenvalue weighted by Gasteiger charge is -2.21. The number of hydrogen-bond donors (Lipinski definition) is 0. The zero-order valence-electron chi connectivity index (χ0n) is 7.75. The molecule has 0 saturated heterocycles. The van der Waals surface area contributed by atoms with Gasteiger partial charge in [-0.25, -0.2) is 0 Å². The van der Waals surface area contributed by atoms with Crippen LogP contribution >= 0.6 is 0 Å². The van der Waals surface area contributed by atoms with E-state index in [-0.39, 0.29) is 6.10 Å².